The maximum absolute atomic E-state index is 5.53. The van der Waals surface area contributed by atoms with Gasteiger partial charge in [-0.2, -0.15) is 0 Å². The summed E-state index contributed by atoms with van der Waals surface area (Å²) >= 11 is 0. The van der Waals surface area contributed by atoms with Crippen LogP contribution in [0.4, 0.5) is 0 Å². The van der Waals surface area contributed by atoms with Gasteiger partial charge in [-0.05, 0) is 43.7 Å². The van der Waals surface area contributed by atoms with Crippen molar-refractivity contribution in [2.45, 2.75) is 44.2 Å². The van der Waals surface area contributed by atoms with E-state index in [9.17, 15) is 0 Å². The molecule has 13 heavy (non-hydrogen) atoms. The molecule has 1 unspecified atom stereocenters. The van der Waals surface area contributed by atoms with Crippen LogP contribution in [-0.4, -0.2) is 6.04 Å². The number of hydrogen-bond donors (Lipinski definition) is 1. The van der Waals surface area contributed by atoms with E-state index in [-0.39, 0.29) is 0 Å². The molecule has 0 aromatic carbocycles. The van der Waals surface area contributed by atoms with E-state index in [2.05, 4.69) is 11.4 Å². The lowest BCUT2D eigenvalue weighted by Crippen LogP contribution is -2.26. The summed E-state index contributed by atoms with van der Waals surface area (Å²) in [4.78, 5) is 0. The second kappa shape index (κ2) is 2.88. The van der Waals surface area contributed by atoms with Gasteiger partial charge in [0.1, 0.15) is 5.76 Å². The molecule has 0 bridgehead atoms. The summed E-state index contributed by atoms with van der Waals surface area (Å²) < 4.78 is 5.53. The molecule has 0 radical (unpaired) electrons. The van der Waals surface area contributed by atoms with Crippen molar-refractivity contribution in [3.05, 3.63) is 23.7 Å². The van der Waals surface area contributed by atoms with Gasteiger partial charge in [-0.25, -0.2) is 0 Å². The van der Waals surface area contributed by atoms with Gasteiger partial charge in [0, 0.05) is 6.04 Å². The molecule has 0 amide bonds. The molecule has 1 saturated carbocycles. The molecular formula is C11H15NO. The fourth-order valence-electron chi connectivity index (χ4n) is 2.18. The van der Waals surface area contributed by atoms with Crippen LogP contribution in [0, 0.1) is 0 Å². The summed E-state index contributed by atoms with van der Waals surface area (Å²) in [6.45, 7) is 0. The quantitative estimate of drug-likeness (QED) is 0.750. The summed E-state index contributed by atoms with van der Waals surface area (Å²) in [5, 5.41) is 3.64. The van der Waals surface area contributed by atoms with Crippen LogP contribution < -0.4 is 5.32 Å². The van der Waals surface area contributed by atoms with E-state index in [4.69, 9.17) is 4.42 Å². The van der Waals surface area contributed by atoms with Crippen molar-refractivity contribution < 1.29 is 4.42 Å². The molecule has 1 aromatic rings. The van der Waals surface area contributed by atoms with Gasteiger partial charge < -0.3 is 9.73 Å². The van der Waals surface area contributed by atoms with Gasteiger partial charge in [0.25, 0.3) is 0 Å². The SMILES string of the molecule is c1cc2c(o1)C(NC1CC1)CCC2. The van der Waals surface area contributed by atoms with Crippen molar-refractivity contribution in [1.29, 1.82) is 0 Å². The lowest BCUT2D eigenvalue weighted by molar-refractivity contribution is 0.366. The van der Waals surface area contributed by atoms with E-state index in [1.807, 2.05) is 6.26 Å². The molecule has 1 fully saturated rings. The van der Waals surface area contributed by atoms with Crippen LogP contribution in [0.1, 0.15) is 43.0 Å². The Morgan fingerprint density at radius 3 is 3.08 bits per heavy atom. The molecule has 3 rings (SSSR count). The number of nitrogens with one attached hydrogen (secondary N) is 1. The summed E-state index contributed by atoms with van der Waals surface area (Å²) in [7, 11) is 0. The number of hydrogen-bond acceptors (Lipinski definition) is 2. The third-order valence-corrected chi connectivity index (χ3v) is 3.05. The Hall–Kier alpha value is -0.760. The normalized spacial score (nSPS) is 27.2. The third kappa shape index (κ3) is 1.39. The summed E-state index contributed by atoms with van der Waals surface area (Å²) in [6, 6.07) is 3.41. The standard InChI is InChI=1S/C11H15NO/c1-2-8-6-7-13-11(8)10(3-1)12-9-4-5-9/h6-7,9-10,12H,1-5H2. The van der Waals surface area contributed by atoms with E-state index in [0.717, 1.165) is 6.04 Å². The minimum absolute atomic E-state index is 0.506. The average Bonchev–Trinajstić information content (AvgIpc) is 2.83. The molecule has 2 aliphatic rings. The van der Waals surface area contributed by atoms with Crippen LogP contribution in [0.2, 0.25) is 0 Å². The zero-order chi connectivity index (χ0) is 8.67. The minimum atomic E-state index is 0.506. The van der Waals surface area contributed by atoms with E-state index in [0.29, 0.717) is 6.04 Å². The maximum Gasteiger partial charge on any atom is 0.123 e. The van der Waals surface area contributed by atoms with Gasteiger partial charge in [-0.1, -0.05) is 0 Å². The molecule has 1 atom stereocenters. The predicted molar refractivity (Wildman–Crippen MR) is 50.5 cm³/mol. The average molecular weight is 177 g/mol. The first-order valence-corrected chi connectivity index (χ1v) is 5.26. The van der Waals surface area contributed by atoms with E-state index < -0.39 is 0 Å². The highest BCUT2D eigenvalue weighted by Crippen LogP contribution is 2.33. The Kier molecular flexibility index (Phi) is 1.69. The van der Waals surface area contributed by atoms with Gasteiger partial charge in [0.05, 0.1) is 12.3 Å². The molecule has 70 valence electrons. The van der Waals surface area contributed by atoms with Crippen LogP contribution in [0.15, 0.2) is 16.7 Å². The highest BCUT2D eigenvalue weighted by molar-refractivity contribution is 5.23. The molecule has 2 aliphatic carbocycles. The topological polar surface area (TPSA) is 25.2 Å². The molecule has 2 heteroatoms. The monoisotopic (exact) mass is 177 g/mol. The fraction of sp³-hybridized carbons (Fsp3) is 0.636. The Bertz CT molecular complexity index is 301. The number of rotatable bonds is 2. The molecule has 1 N–H and O–H groups in total. The first-order chi connectivity index (χ1) is 6.43. The summed E-state index contributed by atoms with van der Waals surface area (Å²) in [6.07, 6.45) is 8.29. The van der Waals surface area contributed by atoms with E-state index in [1.165, 1.54) is 43.4 Å². The van der Waals surface area contributed by atoms with Crippen LogP contribution in [0.25, 0.3) is 0 Å². The first kappa shape index (κ1) is 7.63. The lowest BCUT2D eigenvalue weighted by atomic mass is 9.94. The molecule has 1 heterocycles. The van der Waals surface area contributed by atoms with Crippen LogP contribution in [-0.2, 0) is 6.42 Å². The van der Waals surface area contributed by atoms with Crippen molar-refractivity contribution in [3.63, 3.8) is 0 Å². The predicted octanol–water partition coefficient (Wildman–Crippen LogP) is 2.41. The largest absolute Gasteiger partial charge is 0.467 e. The first-order valence-electron chi connectivity index (χ1n) is 5.26. The van der Waals surface area contributed by atoms with Crippen molar-refractivity contribution in [2.24, 2.45) is 0 Å². The molecular weight excluding hydrogens is 162 g/mol. The van der Waals surface area contributed by atoms with Gasteiger partial charge in [0.2, 0.25) is 0 Å². The number of furan rings is 1. The van der Waals surface area contributed by atoms with Crippen molar-refractivity contribution in [1.82, 2.24) is 5.32 Å². The molecule has 1 aromatic heterocycles. The highest BCUT2D eigenvalue weighted by Gasteiger charge is 2.29. The van der Waals surface area contributed by atoms with Crippen molar-refractivity contribution in [2.75, 3.05) is 0 Å². The maximum atomic E-state index is 5.53. The molecule has 0 spiro atoms. The molecule has 2 nitrogen and oxygen atoms in total. The van der Waals surface area contributed by atoms with Crippen molar-refractivity contribution >= 4 is 0 Å². The van der Waals surface area contributed by atoms with Gasteiger partial charge in [-0.3, -0.25) is 0 Å². The van der Waals surface area contributed by atoms with Crippen LogP contribution >= 0.6 is 0 Å². The summed E-state index contributed by atoms with van der Waals surface area (Å²) in [5.74, 6) is 1.21. The zero-order valence-corrected chi connectivity index (χ0v) is 7.75. The summed E-state index contributed by atoms with van der Waals surface area (Å²) in [5.41, 5.74) is 1.42. The van der Waals surface area contributed by atoms with Gasteiger partial charge in [-0.15, -0.1) is 0 Å². The second-order valence-electron chi connectivity index (χ2n) is 4.20. The van der Waals surface area contributed by atoms with Crippen LogP contribution in [0.5, 0.6) is 0 Å². The second-order valence-corrected chi connectivity index (χ2v) is 4.20. The fourth-order valence-corrected chi connectivity index (χ4v) is 2.18. The zero-order valence-electron chi connectivity index (χ0n) is 7.75. The Morgan fingerprint density at radius 1 is 1.31 bits per heavy atom. The Morgan fingerprint density at radius 2 is 2.23 bits per heavy atom. The number of fused-ring (bicyclic) bond motifs is 1. The molecule has 0 saturated heterocycles. The lowest BCUT2D eigenvalue weighted by Gasteiger charge is -2.21. The minimum Gasteiger partial charge on any atom is -0.467 e. The van der Waals surface area contributed by atoms with Crippen LogP contribution in [0.3, 0.4) is 0 Å². The molecule has 0 aliphatic heterocycles. The Balaban J connectivity index is 1.81. The third-order valence-electron chi connectivity index (χ3n) is 3.05. The van der Waals surface area contributed by atoms with Crippen molar-refractivity contribution in [3.8, 4) is 0 Å². The van der Waals surface area contributed by atoms with Gasteiger partial charge in [0.15, 0.2) is 0 Å². The van der Waals surface area contributed by atoms with Gasteiger partial charge >= 0.3 is 0 Å². The smallest absolute Gasteiger partial charge is 0.123 e. The highest BCUT2D eigenvalue weighted by atomic mass is 16.3. The Labute approximate surface area is 78.3 Å². The number of aryl methyl sites for hydroxylation is 1. The van der Waals surface area contributed by atoms with E-state index >= 15 is 0 Å². The van der Waals surface area contributed by atoms with E-state index in [1.54, 1.807) is 0 Å².